The number of hydrogen-bond donors (Lipinski definition) is 1. The average molecular weight is 258 g/mol. The van der Waals surface area contributed by atoms with Crippen molar-refractivity contribution in [2.75, 3.05) is 5.88 Å². The molecule has 1 unspecified atom stereocenters. The van der Waals surface area contributed by atoms with E-state index in [-0.39, 0.29) is 23.4 Å². The van der Waals surface area contributed by atoms with Crippen molar-refractivity contribution in [2.24, 2.45) is 5.92 Å². The number of halogens is 2. The SMILES string of the molecule is CC(C)C(CCCl)NC(=O)c1ccccc1F. The van der Waals surface area contributed by atoms with Gasteiger partial charge in [0.15, 0.2) is 0 Å². The second-order valence-electron chi connectivity index (χ2n) is 4.28. The number of hydrogen-bond acceptors (Lipinski definition) is 1. The molecule has 0 aliphatic carbocycles. The Morgan fingerprint density at radius 2 is 2.06 bits per heavy atom. The summed E-state index contributed by atoms with van der Waals surface area (Å²) in [5.41, 5.74) is 0.0766. The van der Waals surface area contributed by atoms with Crippen LogP contribution in [0.2, 0.25) is 0 Å². The van der Waals surface area contributed by atoms with Gasteiger partial charge in [-0.25, -0.2) is 4.39 Å². The Kier molecular flexibility index (Phi) is 5.42. The second kappa shape index (κ2) is 6.60. The minimum Gasteiger partial charge on any atom is -0.349 e. The van der Waals surface area contributed by atoms with Crippen LogP contribution >= 0.6 is 11.6 Å². The molecule has 0 saturated heterocycles. The van der Waals surface area contributed by atoms with Gasteiger partial charge in [-0.05, 0) is 24.5 Å². The molecule has 94 valence electrons. The first-order valence-electron chi connectivity index (χ1n) is 5.67. The highest BCUT2D eigenvalue weighted by Gasteiger charge is 2.18. The van der Waals surface area contributed by atoms with Gasteiger partial charge >= 0.3 is 0 Å². The van der Waals surface area contributed by atoms with Crippen LogP contribution in [0.3, 0.4) is 0 Å². The zero-order chi connectivity index (χ0) is 12.8. The third kappa shape index (κ3) is 4.00. The minimum absolute atomic E-state index is 0.0281. The van der Waals surface area contributed by atoms with E-state index in [1.165, 1.54) is 12.1 Å². The lowest BCUT2D eigenvalue weighted by Gasteiger charge is -2.21. The molecule has 0 aliphatic rings. The highest BCUT2D eigenvalue weighted by molar-refractivity contribution is 6.17. The Bertz CT molecular complexity index is 381. The van der Waals surface area contributed by atoms with E-state index < -0.39 is 5.82 Å². The van der Waals surface area contributed by atoms with Crippen molar-refractivity contribution in [2.45, 2.75) is 26.3 Å². The van der Waals surface area contributed by atoms with Crippen molar-refractivity contribution in [3.63, 3.8) is 0 Å². The molecule has 17 heavy (non-hydrogen) atoms. The van der Waals surface area contributed by atoms with E-state index in [4.69, 9.17) is 11.6 Å². The standard InChI is InChI=1S/C13H17ClFNO/c1-9(2)12(7-8-14)16-13(17)10-5-3-4-6-11(10)15/h3-6,9,12H,7-8H2,1-2H3,(H,16,17). The maximum absolute atomic E-state index is 13.4. The summed E-state index contributed by atoms with van der Waals surface area (Å²) in [5, 5.41) is 2.81. The van der Waals surface area contributed by atoms with Crippen molar-refractivity contribution < 1.29 is 9.18 Å². The van der Waals surface area contributed by atoms with Gasteiger partial charge in [0.25, 0.3) is 5.91 Å². The van der Waals surface area contributed by atoms with Gasteiger partial charge in [-0.1, -0.05) is 26.0 Å². The molecule has 0 heterocycles. The fourth-order valence-electron chi connectivity index (χ4n) is 1.58. The van der Waals surface area contributed by atoms with E-state index in [1.807, 2.05) is 13.8 Å². The Morgan fingerprint density at radius 3 is 2.59 bits per heavy atom. The molecule has 0 bridgehead atoms. The van der Waals surface area contributed by atoms with Crippen molar-refractivity contribution in [3.05, 3.63) is 35.6 Å². The predicted octanol–water partition coefficient (Wildman–Crippen LogP) is 3.21. The van der Waals surface area contributed by atoms with Crippen LogP contribution in [0, 0.1) is 11.7 Å². The Balaban J connectivity index is 2.74. The topological polar surface area (TPSA) is 29.1 Å². The maximum atomic E-state index is 13.4. The minimum atomic E-state index is -0.502. The van der Waals surface area contributed by atoms with Crippen LogP contribution in [0.5, 0.6) is 0 Å². The summed E-state index contributed by atoms with van der Waals surface area (Å²) in [6, 6.07) is 5.93. The van der Waals surface area contributed by atoms with E-state index in [0.717, 1.165) is 0 Å². The molecule has 1 aromatic carbocycles. The van der Waals surface area contributed by atoms with Crippen LogP contribution in [0.25, 0.3) is 0 Å². The summed E-state index contributed by atoms with van der Waals surface area (Å²) in [7, 11) is 0. The third-order valence-corrected chi connectivity index (χ3v) is 2.88. The quantitative estimate of drug-likeness (QED) is 0.807. The van der Waals surface area contributed by atoms with Crippen LogP contribution in [0.1, 0.15) is 30.6 Å². The highest BCUT2D eigenvalue weighted by Crippen LogP contribution is 2.11. The molecular formula is C13H17ClFNO. The lowest BCUT2D eigenvalue weighted by Crippen LogP contribution is -2.39. The lowest BCUT2D eigenvalue weighted by atomic mass is 10.0. The second-order valence-corrected chi connectivity index (χ2v) is 4.66. The normalized spacial score (nSPS) is 12.5. The predicted molar refractivity (Wildman–Crippen MR) is 67.8 cm³/mol. The number of amides is 1. The van der Waals surface area contributed by atoms with Gasteiger partial charge in [0.1, 0.15) is 5.82 Å². The van der Waals surface area contributed by atoms with Gasteiger partial charge < -0.3 is 5.32 Å². The number of nitrogens with one attached hydrogen (secondary N) is 1. The molecule has 0 aromatic heterocycles. The Morgan fingerprint density at radius 1 is 1.41 bits per heavy atom. The van der Waals surface area contributed by atoms with Gasteiger partial charge in [0, 0.05) is 11.9 Å². The molecule has 4 heteroatoms. The van der Waals surface area contributed by atoms with Gasteiger partial charge in [0.05, 0.1) is 5.56 Å². The smallest absolute Gasteiger partial charge is 0.254 e. The van der Waals surface area contributed by atoms with Crippen LogP contribution < -0.4 is 5.32 Å². The molecule has 0 radical (unpaired) electrons. The Labute approximate surface area is 106 Å². The van der Waals surface area contributed by atoms with E-state index in [9.17, 15) is 9.18 Å². The molecule has 0 spiro atoms. The summed E-state index contributed by atoms with van der Waals surface area (Å²) in [4.78, 5) is 11.9. The number of carbonyl (C=O) groups is 1. The maximum Gasteiger partial charge on any atom is 0.254 e. The van der Waals surface area contributed by atoms with E-state index in [1.54, 1.807) is 12.1 Å². The molecule has 0 aliphatic heterocycles. The Hall–Kier alpha value is -1.09. The zero-order valence-corrected chi connectivity index (χ0v) is 10.8. The highest BCUT2D eigenvalue weighted by atomic mass is 35.5. The summed E-state index contributed by atoms with van der Waals surface area (Å²) in [5.74, 6) is -0.143. The molecule has 0 saturated carbocycles. The van der Waals surface area contributed by atoms with Crippen LogP contribution in [0.15, 0.2) is 24.3 Å². The van der Waals surface area contributed by atoms with Crippen LogP contribution in [0.4, 0.5) is 4.39 Å². The molecule has 1 aromatic rings. The largest absolute Gasteiger partial charge is 0.349 e. The van der Waals surface area contributed by atoms with Gasteiger partial charge in [-0.2, -0.15) is 0 Å². The van der Waals surface area contributed by atoms with Gasteiger partial charge in [-0.15, -0.1) is 11.6 Å². The summed E-state index contributed by atoms with van der Waals surface area (Å²) in [6.45, 7) is 4.00. The fourth-order valence-corrected chi connectivity index (χ4v) is 1.82. The molecule has 1 N–H and O–H groups in total. The first-order valence-corrected chi connectivity index (χ1v) is 6.21. The van der Waals surface area contributed by atoms with E-state index >= 15 is 0 Å². The van der Waals surface area contributed by atoms with Gasteiger partial charge in [-0.3, -0.25) is 4.79 Å². The molecule has 1 rings (SSSR count). The number of benzene rings is 1. The molecule has 2 nitrogen and oxygen atoms in total. The fraction of sp³-hybridized carbons (Fsp3) is 0.462. The third-order valence-electron chi connectivity index (χ3n) is 2.66. The van der Waals surface area contributed by atoms with Crippen LogP contribution in [-0.4, -0.2) is 17.8 Å². The van der Waals surface area contributed by atoms with E-state index in [0.29, 0.717) is 12.3 Å². The zero-order valence-electron chi connectivity index (χ0n) is 10.0. The first-order chi connectivity index (χ1) is 8.06. The summed E-state index contributed by atoms with van der Waals surface area (Å²) < 4.78 is 13.4. The van der Waals surface area contributed by atoms with Crippen molar-refractivity contribution in [3.8, 4) is 0 Å². The average Bonchev–Trinajstić information content (AvgIpc) is 2.28. The van der Waals surface area contributed by atoms with Crippen molar-refractivity contribution in [1.29, 1.82) is 0 Å². The van der Waals surface area contributed by atoms with Crippen molar-refractivity contribution in [1.82, 2.24) is 5.32 Å². The van der Waals surface area contributed by atoms with E-state index in [2.05, 4.69) is 5.32 Å². The summed E-state index contributed by atoms with van der Waals surface area (Å²) >= 11 is 5.68. The molecule has 1 amide bonds. The van der Waals surface area contributed by atoms with Crippen molar-refractivity contribution >= 4 is 17.5 Å². The number of carbonyl (C=O) groups excluding carboxylic acids is 1. The number of alkyl halides is 1. The van der Waals surface area contributed by atoms with Crippen LogP contribution in [-0.2, 0) is 0 Å². The molecular weight excluding hydrogens is 241 g/mol. The van der Waals surface area contributed by atoms with Gasteiger partial charge in [0.2, 0.25) is 0 Å². The number of rotatable bonds is 5. The molecule has 1 atom stereocenters. The lowest BCUT2D eigenvalue weighted by molar-refractivity contribution is 0.0921. The monoisotopic (exact) mass is 257 g/mol. The first kappa shape index (κ1) is 14.0. The summed E-state index contributed by atoms with van der Waals surface area (Å²) in [6.07, 6.45) is 0.680. The molecule has 0 fully saturated rings.